The van der Waals surface area contributed by atoms with Crippen LogP contribution in [-0.2, 0) is 0 Å². The molecule has 0 N–H and O–H groups in total. The lowest BCUT2D eigenvalue weighted by Gasteiger charge is -2.25. The molecule has 72 valence electrons. The summed E-state index contributed by atoms with van der Waals surface area (Å²) < 4.78 is 0. The molecule has 0 heterocycles. The molecule has 1 saturated carbocycles. The highest BCUT2D eigenvalue weighted by molar-refractivity contribution is 7.99. The van der Waals surface area contributed by atoms with E-state index >= 15 is 0 Å². The lowest BCUT2D eigenvalue weighted by molar-refractivity contribution is 0.333. The summed E-state index contributed by atoms with van der Waals surface area (Å²) in [5, 5.41) is 0. The minimum Gasteiger partial charge on any atom is -0.162 e. The van der Waals surface area contributed by atoms with Crippen molar-refractivity contribution in [2.24, 2.45) is 5.41 Å². The molecule has 1 aliphatic rings. The Kier molecular flexibility index (Phi) is 4.81. The third-order valence-electron chi connectivity index (χ3n) is 2.93. The van der Waals surface area contributed by atoms with Crippen molar-refractivity contribution in [2.45, 2.75) is 39.0 Å². The van der Waals surface area contributed by atoms with E-state index in [4.69, 9.17) is 11.6 Å². The van der Waals surface area contributed by atoms with Crippen LogP contribution in [0.5, 0.6) is 0 Å². The number of hydrogen-bond donors (Lipinski definition) is 0. The molecule has 0 aromatic rings. The van der Waals surface area contributed by atoms with E-state index in [-0.39, 0.29) is 0 Å². The van der Waals surface area contributed by atoms with Gasteiger partial charge in [0.05, 0.1) is 0 Å². The lowest BCUT2D eigenvalue weighted by Crippen LogP contribution is -2.19. The predicted molar refractivity (Wildman–Crippen MR) is 59.2 cm³/mol. The molecule has 0 nitrogen and oxygen atoms in total. The molecule has 0 atom stereocenters. The van der Waals surface area contributed by atoms with Crippen molar-refractivity contribution < 1.29 is 0 Å². The highest BCUT2D eigenvalue weighted by atomic mass is 35.5. The van der Waals surface area contributed by atoms with Gasteiger partial charge in [-0.15, -0.1) is 11.6 Å². The molecule has 0 amide bonds. The second-order valence-electron chi connectivity index (χ2n) is 3.79. The molecule has 2 heteroatoms. The number of halogens is 1. The highest BCUT2D eigenvalue weighted by Gasteiger charge is 2.32. The molecule has 0 aliphatic heterocycles. The zero-order valence-corrected chi connectivity index (χ0v) is 9.52. The van der Waals surface area contributed by atoms with Crippen LogP contribution in [0.25, 0.3) is 0 Å². The first-order valence-electron chi connectivity index (χ1n) is 4.97. The van der Waals surface area contributed by atoms with Gasteiger partial charge in [-0.25, -0.2) is 0 Å². The van der Waals surface area contributed by atoms with Crippen LogP contribution in [0.3, 0.4) is 0 Å². The van der Waals surface area contributed by atoms with Crippen LogP contribution in [0.2, 0.25) is 0 Å². The Morgan fingerprint density at radius 2 is 2.00 bits per heavy atom. The summed E-state index contributed by atoms with van der Waals surface area (Å²) in [6.45, 7) is 2.23. The molecule has 0 bridgehead atoms. The topological polar surface area (TPSA) is 0 Å². The molecule has 0 unspecified atom stereocenters. The maximum absolute atomic E-state index is 6.03. The summed E-state index contributed by atoms with van der Waals surface area (Å²) >= 11 is 8.08. The molecule has 1 aliphatic carbocycles. The van der Waals surface area contributed by atoms with Crippen molar-refractivity contribution in [3.8, 4) is 0 Å². The average Bonchev–Trinajstić information content (AvgIpc) is 2.55. The van der Waals surface area contributed by atoms with Gasteiger partial charge >= 0.3 is 0 Å². The molecular weight excluding hydrogens is 188 g/mol. The summed E-state index contributed by atoms with van der Waals surface area (Å²) in [7, 11) is 0. The number of hydrogen-bond acceptors (Lipinski definition) is 1. The van der Waals surface area contributed by atoms with Gasteiger partial charge in [0.25, 0.3) is 0 Å². The van der Waals surface area contributed by atoms with E-state index in [2.05, 4.69) is 18.7 Å². The second kappa shape index (κ2) is 5.39. The first-order valence-corrected chi connectivity index (χ1v) is 6.66. The van der Waals surface area contributed by atoms with E-state index in [1.165, 1.54) is 43.6 Å². The molecule has 1 fully saturated rings. The van der Waals surface area contributed by atoms with E-state index in [1.807, 2.05) is 0 Å². The second-order valence-corrected chi connectivity index (χ2v) is 5.45. The third kappa shape index (κ3) is 2.85. The smallest absolute Gasteiger partial charge is 0.0280 e. The van der Waals surface area contributed by atoms with Crippen molar-refractivity contribution in [1.82, 2.24) is 0 Å². The molecule has 12 heavy (non-hydrogen) atoms. The first-order chi connectivity index (χ1) is 5.83. The quantitative estimate of drug-likeness (QED) is 0.485. The van der Waals surface area contributed by atoms with Gasteiger partial charge < -0.3 is 0 Å². The Bertz CT molecular complexity index is 119. The summed E-state index contributed by atoms with van der Waals surface area (Å²) in [5.74, 6) is 3.44. The van der Waals surface area contributed by atoms with Gasteiger partial charge in [-0.05, 0) is 36.2 Å². The Balaban J connectivity index is 2.24. The molecule has 0 aromatic carbocycles. The highest BCUT2D eigenvalue weighted by Crippen LogP contribution is 2.42. The number of thioether (sulfide) groups is 1. The van der Waals surface area contributed by atoms with Crippen molar-refractivity contribution >= 4 is 23.4 Å². The van der Waals surface area contributed by atoms with Gasteiger partial charge in [0.2, 0.25) is 0 Å². The van der Waals surface area contributed by atoms with Gasteiger partial charge in [-0.3, -0.25) is 0 Å². The maximum atomic E-state index is 6.03. The van der Waals surface area contributed by atoms with Gasteiger partial charge in [-0.1, -0.05) is 19.8 Å². The predicted octanol–water partition coefficient (Wildman–Crippen LogP) is 3.93. The standard InChI is InChI=1S/C10H19ClS/c1-2-12-8-7-10(9-11)5-3-4-6-10/h2-9H2,1H3. The van der Waals surface area contributed by atoms with E-state index in [9.17, 15) is 0 Å². The van der Waals surface area contributed by atoms with Gasteiger partial charge in [0.1, 0.15) is 0 Å². The normalized spacial score (nSPS) is 21.5. The van der Waals surface area contributed by atoms with Crippen molar-refractivity contribution in [3.05, 3.63) is 0 Å². The molecule has 0 saturated heterocycles. The zero-order chi connectivity index (χ0) is 8.86. The Morgan fingerprint density at radius 1 is 1.33 bits per heavy atom. The van der Waals surface area contributed by atoms with Crippen LogP contribution in [0, 0.1) is 5.41 Å². The Morgan fingerprint density at radius 3 is 2.50 bits per heavy atom. The van der Waals surface area contributed by atoms with Crippen molar-refractivity contribution in [2.75, 3.05) is 17.4 Å². The summed E-state index contributed by atoms with van der Waals surface area (Å²) in [4.78, 5) is 0. The van der Waals surface area contributed by atoms with E-state index in [0.717, 1.165) is 5.88 Å². The Hall–Kier alpha value is 0.640. The van der Waals surface area contributed by atoms with E-state index in [0.29, 0.717) is 5.41 Å². The van der Waals surface area contributed by atoms with Gasteiger partial charge in [0, 0.05) is 5.88 Å². The lowest BCUT2D eigenvalue weighted by atomic mass is 9.86. The van der Waals surface area contributed by atoms with Crippen LogP contribution in [0.4, 0.5) is 0 Å². The first kappa shape index (κ1) is 10.7. The molecule has 1 rings (SSSR count). The average molecular weight is 207 g/mol. The monoisotopic (exact) mass is 206 g/mol. The summed E-state index contributed by atoms with van der Waals surface area (Å²) in [6, 6.07) is 0. The fourth-order valence-electron chi connectivity index (χ4n) is 2.01. The van der Waals surface area contributed by atoms with Crippen molar-refractivity contribution in [1.29, 1.82) is 0 Å². The van der Waals surface area contributed by atoms with E-state index < -0.39 is 0 Å². The van der Waals surface area contributed by atoms with Crippen molar-refractivity contribution in [3.63, 3.8) is 0 Å². The SMILES string of the molecule is CCSCCC1(CCl)CCCC1. The minimum absolute atomic E-state index is 0.531. The summed E-state index contributed by atoms with van der Waals surface area (Å²) in [5.41, 5.74) is 0.531. The minimum atomic E-state index is 0.531. The maximum Gasteiger partial charge on any atom is 0.0280 e. The largest absolute Gasteiger partial charge is 0.162 e. The molecule has 0 aromatic heterocycles. The van der Waals surface area contributed by atoms with Crippen LogP contribution in [0.15, 0.2) is 0 Å². The summed E-state index contributed by atoms with van der Waals surface area (Å²) in [6.07, 6.45) is 6.91. The molecular formula is C10H19ClS. The van der Waals surface area contributed by atoms with Gasteiger partial charge in [-0.2, -0.15) is 11.8 Å². The number of alkyl halides is 1. The Labute approximate surface area is 85.4 Å². The molecule has 0 radical (unpaired) electrons. The fraction of sp³-hybridized carbons (Fsp3) is 1.00. The van der Waals surface area contributed by atoms with Crippen LogP contribution in [0.1, 0.15) is 39.0 Å². The number of rotatable bonds is 5. The third-order valence-corrected chi connectivity index (χ3v) is 4.40. The van der Waals surface area contributed by atoms with Crippen LogP contribution in [-0.4, -0.2) is 17.4 Å². The van der Waals surface area contributed by atoms with Crippen LogP contribution >= 0.6 is 23.4 Å². The van der Waals surface area contributed by atoms with Gasteiger partial charge in [0.15, 0.2) is 0 Å². The fourth-order valence-corrected chi connectivity index (χ4v) is 3.28. The zero-order valence-electron chi connectivity index (χ0n) is 7.94. The van der Waals surface area contributed by atoms with Crippen LogP contribution < -0.4 is 0 Å². The molecule has 0 spiro atoms. The van der Waals surface area contributed by atoms with E-state index in [1.54, 1.807) is 0 Å².